The van der Waals surface area contributed by atoms with Gasteiger partial charge in [-0.25, -0.2) is 0 Å². The van der Waals surface area contributed by atoms with Gasteiger partial charge in [0.2, 0.25) is 0 Å². The number of rotatable bonds is 4. The first-order chi connectivity index (χ1) is 12.8. The Kier molecular flexibility index (Phi) is 5.23. The summed E-state index contributed by atoms with van der Waals surface area (Å²) < 4.78 is 2.29. The van der Waals surface area contributed by atoms with Gasteiger partial charge in [-0.05, 0) is 51.0 Å². The summed E-state index contributed by atoms with van der Waals surface area (Å²) >= 11 is 0. The van der Waals surface area contributed by atoms with Crippen molar-refractivity contribution in [3.8, 4) is 0 Å². The molecular formula is C23H30N2O. The Morgan fingerprint density at radius 3 is 2.50 bits per heavy atom. The largest absolute Gasteiger partial charge is 0.296 e. The minimum atomic E-state index is 0.485. The molecule has 4 rings (SSSR count). The predicted octanol–water partition coefficient (Wildman–Crippen LogP) is 5.56. The number of carbonyl (C=O) groups excluding carboxylic acids is 1. The van der Waals surface area contributed by atoms with Crippen molar-refractivity contribution in [2.24, 2.45) is 0 Å². The van der Waals surface area contributed by atoms with E-state index in [1.165, 1.54) is 73.8 Å². The monoisotopic (exact) mass is 350 g/mol. The van der Waals surface area contributed by atoms with Crippen LogP contribution in [0.3, 0.4) is 0 Å². The second kappa shape index (κ2) is 7.77. The summed E-state index contributed by atoms with van der Waals surface area (Å²) in [7, 11) is 0. The van der Waals surface area contributed by atoms with Crippen LogP contribution in [0.25, 0.3) is 0 Å². The highest BCUT2D eigenvalue weighted by atomic mass is 16.1. The van der Waals surface area contributed by atoms with E-state index in [1.807, 2.05) is 0 Å². The van der Waals surface area contributed by atoms with E-state index in [0.29, 0.717) is 17.7 Å². The topological polar surface area (TPSA) is 34.9 Å². The van der Waals surface area contributed by atoms with E-state index in [-0.39, 0.29) is 0 Å². The third-order valence-corrected chi connectivity index (χ3v) is 6.33. The lowest BCUT2D eigenvalue weighted by molar-refractivity contribution is 0.111. The van der Waals surface area contributed by atoms with E-state index < -0.39 is 0 Å². The first-order valence-electron chi connectivity index (χ1n) is 10.4. The van der Waals surface area contributed by atoms with E-state index in [4.69, 9.17) is 5.10 Å². The smallest absolute Gasteiger partial charge is 0.170 e. The Balaban J connectivity index is 1.72. The molecule has 1 aromatic carbocycles. The zero-order valence-electron chi connectivity index (χ0n) is 15.9. The van der Waals surface area contributed by atoms with Crippen molar-refractivity contribution in [1.29, 1.82) is 0 Å². The van der Waals surface area contributed by atoms with E-state index in [2.05, 4.69) is 35.9 Å². The molecule has 0 saturated heterocycles. The summed E-state index contributed by atoms with van der Waals surface area (Å²) in [6.07, 6.45) is 13.0. The molecule has 0 bridgehead atoms. The molecule has 26 heavy (non-hydrogen) atoms. The van der Waals surface area contributed by atoms with Gasteiger partial charge in [0.1, 0.15) is 5.69 Å². The molecule has 2 aromatic rings. The first kappa shape index (κ1) is 17.5. The van der Waals surface area contributed by atoms with Gasteiger partial charge in [-0.2, -0.15) is 5.10 Å². The SMILES string of the molecule is Cc1ccc(CC2CCCCc3c(C=O)nn(C4CCCCC4)c32)cc1. The van der Waals surface area contributed by atoms with Gasteiger partial charge in [0.15, 0.2) is 6.29 Å². The van der Waals surface area contributed by atoms with E-state index in [1.54, 1.807) is 0 Å². The van der Waals surface area contributed by atoms with Crippen molar-refractivity contribution in [2.45, 2.75) is 83.1 Å². The summed E-state index contributed by atoms with van der Waals surface area (Å²) in [6, 6.07) is 9.44. The van der Waals surface area contributed by atoms with Crippen LogP contribution in [0.5, 0.6) is 0 Å². The summed E-state index contributed by atoms with van der Waals surface area (Å²) in [4.78, 5) is 11.7. The summed E-state index contributed by atoms with van der Waals surface area (Å²) in [6.45, 7) is 2.14. The number of aromatic nitrogens is 2. The fourth-order valence-electron chi connectivity index (χ4n) is 4.92. The average Bonchev–Trinajstić information content (AvgIpc) is 2.93. The van der Waals surface area contributed by atoms with Gasteiger partial charge in [0.25, 0.3) is 0 Å². The molecule has 1 unspecified atom stereocenters. The van der Waals surface area contributed by atoms with Crippen LogP contribution < -0.4 is 0 Å². The maximum atomic E-state index is 11.7. The lowest BCUT2D eigenvalue weighted by Gasteiger charge is -2.27. The first-order valence-corrected chi connectivity index (χ1v) is 10.4. The number of hydrogen-bond acceptors (Lipinski definition) is 2. The minimum absolute atomic E-state index is 0.485. The molecule has 1 aromatic heterocycles. The fraction of sp³-hybridized carbons (Fsp3) is 0.565. The third-order valence-electron chi connectivity index (χ3n) is 6.33. The van der Waals surface area contributed by atoms with Crippen molar-refractivity contribution in [1.82, 2.24) is 9.78 Å². The zero-order valence-corrected chi connectivity index (χ0v) is 15.9. The van der Waals surface area contributed by atoms with Gasteiger partial charge in [-0.1, -0.05) is 55.5 Å². The molecule has 138 valence electrons. The summed E-state index contributed by atoms with van der Waals surface area (Å²) in [5.74, 6) is 0.485. The van der Waals surface area contributed by atoms with Gasteiger partial charge in [-0.3, -0.25) is 9.48 Å². The molecule has 1 fully saturated rings. The average molecular weight is 351 g/mol. The van der Waals surface area contributed by atoms with Crippen LogP contribution in [0.1, 0.15) is 96.2 Å². The van der Waals surface area contributed by atoms with Gasteiger partial charge in [-0.15, -0.1) is 0 Å². The molecule has 1 saturated carbocycles. The number of hydrogen-bond donors (Lipinski definition) is 0. The van der Waals surface area contributed by atoms with Crippen molar-refractivity contribution >= 4 is 6.29 Å². The summed E-state index contributed by atoms with van der Waals surface area (Å²) in [5.41, 5.74) is 6.06. The van der Waals surface area contributed by atoms with E-state index in [0.717, 1.165) is 19.1 Å². The molecule has 1 heterocycles. The van der Waals surface area contributed by atoms with Crippen LogP contribution in [-0.4, -0.2) is 16.1 Å². The molecule has 1 atom stereocenters. The number of fused-ring (bicyclic) bond motifs is 1. The summed E-state index contributed by atoms with van der Waals surface area (Å²) in [5, 5.41) is 4.83. The molecule has 2 aliphatic rings. The Hall–Kier alpha value is -1.90. The van der Waals surface area contributed by atoms with Crippen molar-refractivity contribution in [3.05, 3.63) is 52.3 Å². The molecule has 0 N–H and O–H groups in total. The highest BCUT2D eigenvalue weighted by Crippen LogP contribution is 2.38. The predicted molar refractivity (Wildman–Crippen MR) is 105 cm³/mol. The highest BCUT2D eigenvalue weighted by molar-refractivity contribution is 5.75. The number of nitrogens with zero attached hydrogens (tertiary/aromatic N) is 2. The molecule has 0 aliphatic heterocycles. The zero-order chi connectivity index (χ0) is 17.9. The maximum Gasteiger partial charge on any atom is 0.170 e. The lowest BCUT2D eigenvalue weighted by atomic mass is 9.89. The Bertz CT molecular complexity index is 753. The van der Waals surface area contributed by atoms with Crippen molar-refractivity contribution < 1.29 is 4.79 Å². The highest BCUT2D eigenvalue weighted by Gasteiger charge is 2.30. The Morgan fingerprint density at radius 2 is 1.77 bits per heavy atom. The number of carbonyl (C=O) groups is 1. The minimum Gasteiger partial charge on any atom is -0.296 e. The molecule has 0 amide bonds. The molecular weight excluding hydrogens is 320 g/mol. The van der Waals surface area contributed by atoms with E-state index >= 15 is 0 Å². The van der Waals surface area contributed by atoms with Gasteiger partial charge in [0, 0.05) is 17.2 Å². The molecule has 2 aliphatic carbocycles. The van der Waals surface area contributed by atoms with Gasteiger partial charge < -0.3 is 0 Å². The Morgan fingerprint density at radius 1 is 1.04 bits per heavy atom. The quantitative estimate of drug-likeness (QED) is 0.534. The van der Waals surface area contributed by atoms with Crippen molar-refractivity contribution in [3.63, 3.8) is 0 Å². The van der Waals surface area contributed by atoms with Crippen LogP contribution in [-0.2, 0) is 12.8 Å². The van der Waals surface area contributed by atoms with E-state index in [9.17, 15) is 4.79 Å². The molecule has 3 heteroatoms. The van der Waals surface area contributed by atoms with Crippen LogP contribution >= 0.6 is 0 Å². The number of benzene rings is 1. The van der Waals surface area contributed by atoms with Gasteiger partial charge in [0.05, 0.1) is 6.04 Å². The normalized spacial score (nSPS) is 21.2. The maximum absolute atomic E-state index is 11.7. The molecule has 0 radical (unpaired) electrons. The third kappa shape index (κ3) is 3.49. The van der Waals surface area contributed by atoms with Crippen LogP contribution in [0.15, 0.2) is 24.3 Å². The van der Waals surface area contributed by atoms with Gasteiger partial charge >= 0.3 is 0 Å². The Labute approximate surface area is 156 Å². The number of aldehydes is 1. The van der Waals surface area contributed by atoms with Crippen LogP contribution in [0, 0.1) is 6.92 Å². The molecule has 0 spiro atoms. The van der Waals surface area contributed by atoms with Crippen LogP contribution in [0.4, 0.5) is 0 Å². The second-order valence-corrected chi connectivity index (χ2v) is 8.24. The second-order valence-electron chi connectivity index (χ2n) is 8.24. The molecule has 3 nitrogen and oxygen atoms in total. The number of aryl methyl sites for hydroxylation is 1. The lowest BCUT2D eigenvalue weighted by Crippen LogP contribution is -2.19. The van der Waals surface area contributed by atoms with Crippen LogP contribution in [0.2, 0.25) is 0 Å². The fourth-order valence-corrected chi connectivity index (χ4v) is 4.92. The standard InChI is InChI=1S/C23H30N2O/c1-17-11-13-18(14-12-17)15-19-7-5-6-10-21-22(16-26)24-25(23(19)21)20-8-3-2-4-9-20/h11-14,16,19-20H,2-10,15H2,1H3. The van der Waals surface area contributed by atoms with Crippen molar-refractivity contribution in [2.75, 3.05) is 0 Å².